The number of nitrogen functional groups attached to an aromatic ring is 1. The van der Waals surface area contributed by atoms with Gasteiger partial charge in [0.1, 0.15) is 6.61 Å². The Morgan fingerprint density at radius 2 is 0.988 bits per heavy atom. The molecule has 0 radical (unpaired) electrons. The number of aliphatic hydroxyl groups is 1. The number of benzene rings is 3. The SMILES string of the molecule is CC(=O)N1CCN(Cc2cccc(N)c2F)CC1.CC(=O)N1CCN(Cc2cccc([N+](=O)[O-])c2F)CC1.CC(=O)Nc1ccc(C)nc1.Cc1ccc(NC(=O)Nc2cccc(CN3CCN(C(=O)CO)CC3)c2F)cn1.Cl.Cl. The Balaban J connectivity index is 0.000000292. The molecular weight excluding hydrogens is 1090 g/mol. The van der Waals surface area contributed by atoms with Crippen LogP contribution in [0.1, 0.15) is 48.8 Å². The number of hydrogen-bond donors (Lipinski definition) is 5. The Labute approximate surface area is 475 Å². The number of nitrogens with two attached hydrogens (primary N) is 1. The van der Waals surface area contributed by atoms with Crippen LogP contribution < -0.4 is 21.7 Å². The molecule has 3 aliphatic rings. The van der Waals surface area contributed by atoms with Crippen LogP contribution in [0.5, 0.6) is 0 Å². The summed E-state index contributed by atoms with van der Waals surface area (Å²) >= 11 is 0. The van der Waals surface area contributed by atoms with Crippen molar-refractivity contribution in [2.75, 3.05) is 107 Å². The first-order chi connectivity index (χ1) is 37.2. The monoisotopic (exact) mass is 1160 g/mol. The normalized spacial score (nSPS) is 14.4. The van der Waals surface area contributed by atoms with Crippen LogP contribution in [0.25, 0.3) is 0 Å². The zero-order valence-corrected chi connectivity index (χ0v) is 47.0. The number of aliphatic hydroxyl groups excluding tert-OH is 1. The summed E-state index contributed by atoms with van der Waals surface area (Å²) in [4.78, 5) is 86.0. The second kappa shape index (κ2) is 33.2. The second-order valence-electron chi connectivity index (χ2n) is 18.6. The van der Waals surface area contributed by atoms with Crippen LogP contribution in [0.15, 0.2) is 91.3 Å². The third-order valence-corrected chi connectivity index (χ3v) is 12.8. The third-order valence-electron chi connectivity index (χ3n) is 12.8. The van der Waals surface area contributed by atoms with Gasteiger partial charge in [-0.1, -0.05) is 36.4 Å². The number of pyridine rings is 2. The molecule has 0 spiro atoms. The highest BCUT2D eigenvalue weighted by molar-refractivity contribution is 5.99. The number of nitrogens with one attached hydrogen (secondary N) is 3. The molecule has 3 aromatic carbocycles. The van der Waals surface area contributed by atoms with Crippen molar-refractivity contribution in [3.05, 3.63) is 147 Å². The maximum Gasteiger partial charge on any atom is 0.323 e. The maximum absolute atomic E-state index is 14.9. The number of carbonyl (C=O) groups is 5. The first-order valence-electron chi connectivity index (χ1n) is 25.2. The number of nitro benzene ring substituents is 1. The molecule has 5 aromatic rings. The van der Waals surface area contributed by atoms with Gasteiger partial charge in [0.25, 0.3) is 0 Å². The summed E-state index contributed by atoms with van der Waals surface area (Å²) in [6.07, 6.45) is 3.17. The molecular formula is C54H70Cl2F3N13O8. The first-order valence-corrected chi connectivity index (χ1v) is 25.2. The molecule has 21 nitrogen and oxygen atoms in total. The van der Waals surface area contributed by atoms with Gasteiger partial charge in [-0.15, -0.1) is 24.8 Å². The van der Waals surface area contributed by atoms with Crippen molar-refractivity contribution in [1.82, 2.24) is 39.4 Å². The van der Waals surface area contributed by atoms with Gasteiger partial charge in [-0.3, -0.25) is 54.0 Å². The minimum absolute atomic E-state index is 0. The number of rotatable bonds is 11. The van der Waals surface area contributed by atoms with Crippen LogP contribution in [0.4, 0.5) is 46.4 Å². The van der Waals surface area contributed by atoms with Crippen LogP contribution in [-0.4, -0.2) is 164 Å². The summed E-state index contributed by atoms with van der Waals surface area (Å²) < 4.78 is 42.6. The van der Waals surface area contributed by atoms with Crippen molar-refractivity contribution in [1.29, 1.82) is 0 Å². The summed E-state index contributed by atoms with van der Waals surface area (Å²) in [5.74, 6) is -1.82. The average molecular weight is 1160 g/mol. The molecule has 0 aliphatic carbocycles. The topological polar surface area (TPSA) is 256 Å². The van der Waals surface area contributed by atoms with Crippen LogP contribution in [-0.2, 0) is 38.8 Å². The molecule has 0 unspecified atom stereocenters. The van der Waals surface area contributed by atoms with E-state index in [4.69, 9.17) is 10.8 Å². The van der Waals surface area contributed by atoms with E-state index in [0.717, 1.165) is 36.2 Å². The Hall–Kier alpha value is -7.48. The van der Waals surface area contributed by atoms with Crippen molar-refractivity contribution >= 4 is 82.9 Å². The highest BCUT2D eigenvalue weighted by Gasteiger charge is 2.25. The Bertz CT molecular complexity index is 2840. The van der Waals surface area contributed by atoms with Crippen LogP contribution in [0.3, 0.4) is 0 Å². The number of anilines is 4. The lowest BCUT2D eigenvalue weighted by atomic mass is 10.1. The smallest absolute Gasteiger partial charge is 0.323 e. The van der Waals surface area contributed by atoms with Gasteiger partial charge >= 0.3 is 11.7 Å². The van der Waals surface area contributed by atoms with E-state index in [1.165, 1.54) is 32.2 Å². The van der Waals surface area contributed by atoms with Crippen molar-refractivity contribution in [2.45, 2.75) is 54.3 Å². The van der Waals surface area contributed by atoms with Gasteiger partial charge in [0.05, 0.1) is 40.1 Å². The molecule has 434 valence electrons. The Kier molecular flexibility index (Phi) is 27.7. The number of aromatic nitrogens is 2. The molecule has 6 N–H and O–H groups in total. The van der Waals surface area contributed by atoms with Gasteiger partial charge in [-0.2, -0.15) is 4.39 Å². The van der Waals surface area contributed by atoms with Crippen molar-refractivity contribution in [3.8, 4) is 0 Å². The predicted octanol–water partition coefficient (Wildman–Crippen LogP) is 6.47. The molecule has 3 fully saturated rings. The van der Waals surface area contributed by atoms with Crippen molar-refractivity contribution in [2.24, 2.45) is 0 Å². The minimum Gasteiger partial charge on any atom is -0.396 e. The molecule has 5 heterocycles. The largest absolute Gasteiger partial charge is 0.396 e. The number of piperazine rings is 3. The molecule has 80 heavy (non-hydrogen) atoms. The number of urea groups is 1. The van der Waals surface area contributed by atoms with Crippen LogP contribution in [0.2, 0.25) is 0 Å². The standard InChI is InChI=1S/C20H24FN5O3.C13H16FN3O3.C13H18FN3O.C8H10N2O.2ClH/c1-14-5-6-16(11-22-14)23-20(29)24-17-4-2-3-15(19(17)21)12-25-7-9-26(10-8-25)18(28)13-27;1-10(18)16-7-5-15(6-8-16)9-11-3-2-4-12(13(11)14)17(19)20;1-10(18)17-7-5-16(6-8-17)9-11-3-2-4-12(15)13(11)14;1-6-3-4-8(5-9-6)10-7(2)11;;/h2-6,11,27H,7-10,12-13H2,1H3,(H2,23,24,29);2-4H,5-9H2,1H3;2-4H,5-9,15H2,1H3;3-5H,1-2H3,(H,10,11);2*1H. The Morgan fingerprint density at radius 1 is 0.575 bits per heavy atom. The molecule has 6 amide bonds. The zero-order chi connectivity index (χ0) is 56.9. The fourth-order valence-electron chi connectivity index (χ4n) is 8.34. The summed E-state index contributed by atoms with van der Waals surface area (Å²) in [7, 11) is 0. The van der Waals surface area contributed by atoms with E-state index in [1.807, 2.05) is 40.7 Å². The lowest BCUT2D eigenvalue weighted by Crippen LogP contribution is -2.49. The number of carbonyl (C=O) groups excluding carboxylic acids is 5. The predicted molar refractivity (Wildman–Crippen MR) is 304 cm³/mol. The van der Waals surface area contributed by atoms with E-state index >= 15 is 0 Å². The van der Waals surface area contributed by atoms with E-state index in [9.17, 15) is 47.3 Å². The lowest BCUT2D eigenvalue weighted by Gasteiger charge is -2.34. The number of nitrogens with zero attached hydrogens (tertiary/aromatic N) is 9. The van der Waals surface area contributed by atoms with Gasteiger partial charge in [0, 0.05) is 153 Å². The van der Waals surface area contributed by atoms with Crippen LogP contribution >= 0.6 is 24.8 Å². The highest BCUT2D eigenvalue weighted by Crippen LogP contribution is 2.23. The summed E-state index contributed by atoms with van der Waals surface area (Å²) in [5.41, 5.74) is 9.75. The van der Waals surface area contributed by atoms with E-state index in [0.29, 0.717) is 107 Å². The molecule has 8 rings (SSSR count). The number of hydrogen-bond acceptors (Lipinski definition) is 14. The molecule has 2 aromatic heterocycles. The average Bonchev–Trinajstić information content (AvgIpc) is 3.42. The highest BCUT2D eigenvalue weighted by atomic mass is 35.5. The summed E-state index contributed by atoms with van der Waals surface area (Å²) in [6.45, 7) is 16.7. The first kappa shape index (κ1) is 66.8. The molecule has 0 saturated carbocycles. The van der Waals surface area contributed by atoms with E-state index < -0.39 is 34.9 Å². The van der Waals surface area contributed by atoms with Crippen molar-refractivity contribution < 1.29 is 47.2 Å². The van der Waals surface area contributed by atoms with Gasteiger partial charge < -0.3 is 41.5 Å². The number of amides is 6. The van der Waals surface area contributed by atoms with E-state index in [2.05, 4.69) is 30.8 Å². The minimum atomic E-state index is -0.772. The molecule has 0 bridgehead atoms. The fourth-order valence-corrected chi connectivity index (χ4v) is 8.34. The van der Waals surface area contributed by atoms with E-state index in [-0.39, 0.29) is 65.6 Å². The Morgan fingerprint density at radius 3 is 1.40 bits per heavy atom. The van der Waals surface area contributed by atoms with E-state index in [1.54, 1.807) is 71.5 Å². The molecule has 0 atom stereocenters. The molecule has 26 heteroatoms. The van der Waals surface area contributed by atoms with Gasteiger partial charge in [-0.25, -0.2) is 13.6 Å². The van der Waals surface area contributed by atoms with Gasteiger partial charge in [0.2, 0.25) is 29.4 Å². The molecule has 3 aliphatic heterocycles. The van der Waals surface area contributed by atoms with Gasteiger partial charge in [0.15, 0.2) is 11.6 Å². The second-order valence-corrected chi connectivity index (χ2v) is 18.6. The number of aryl methyl sites for hydroxylation is 2. The fraction of sp³-hybridized carbons (Fsp3) is 0.389. The zero-order valence-electron chi connectivity index (χ0n) is 45.3. The molecule has 3 saturated heterocycles. The van der Waals surface area contributed by atoms with Gasteiger partial charge in [-0.05, 0) is 50.2 Å². The van der Waals surface area contributed by atoms with Crippen molar-refractivity contribution in [3.63, 3.8) is 0 Å². The number of nitro groups is 1. The quantitative estimate of drug-likeness (QED) is 0.0540. The number of halogens is 5. The summed E-state index contributed by atoms with van der Waals surface area (Å²) in [6, 6.07) is 20.8. The maximum atomic E-state index is 14.9. The summed E-state index contributed by atoms with van der Waals surface area (Å²) in [5, 5.41) is 27.4. The van der Waals surface area contributed by atoms with Crippen LogP contribution in [0, 0.1) is 41.4 Å². The third kappa shape index (κ3) is 21.3. The lowest BCUT2D eigenvalue weighted by molar-refractivity contribution is -0.387.